The van der Waals surface area contributed by atoms with Gasteiger partial charge in [-0.3, -0.25) is 0 Å². The van der Waals surface area contributed by atoms with E-state index in [1.165, 1.54) is 6.07 Å². The lowest BCUT2D eigenvalue weighted by atomic mass is 9.99. The van der Waals surface area contributed by atoms with Crippen LogP contribution < -0.4 is 0 Å². The SMILES string of the molecule is O=C(O)c1ccc(O)c(C(O)C(O)CCCl)c1. The summed E-state index contributed by atoms with van der Waals surface area (Å²) < 4.78 is 0. The van der Waals surface area contributed by atoms with Crippen LogP contribution in [0.25, 0.3) is 0 Å². The number of carbonyl (C=O) groups is 1. The first-order valence-corrected chi connectivity index (χ1v) is 5.49. The molecule has 0 radical (unpaired) electrons. The molecule has 5 nitrogen and oxygen atoms in total. The molecule has 0 aliphatic rings. The molecule has 0 spiro atoms. The van der Waals surface area contributed by atoms with E-state index in [0.29, 0.717) is 0 Å². The molecule has 94 valence electrons. The first-order valence-electron chi connectivity index (χ1n) is 4.95. The van der Waals surface area contributed by atoms with Crippen LogP contribution in [0.1, 0.15) is 28.4 Å². The minimum absolute atomic E-state index is 0.0254. The molecule has 4 N–H and O–H groups in total. The lowest BCUT2D eigenvalue weighted by Crippen LogP contribution is -2.19. The van der Waals surface area contributed by atoms with Gasteiger partial charge in [-0.15, -0.1) is 11.6 Å². The second-order valence-electron chi connectivity index (χ2n) is 3.57. The van der Waals surface area contributed by atoms with Gasteiger partial charge in [0.2, 0.25) is 0 Å². The number of rotatable bonds is 5. The first kappa shape index (κ1) is 13.8. The molecule has 0 aromatic heterocycles. The first-order chi connectivity index (χ1) is 7.97. The molecular weight excluding hydrogens is 248 g/mol. The summed E-state index contributed by atoms with van der Waals surface area (Å²) >= 11 is 5.42. The summed E-state index contributed by atoms with van der Waals surface area (Å²) in [6, 6.07) is 3.50. The Morgan fingerprint density at radius 3 is 2.53 bits per heavy atom. The van der Waals surface area contributed by atoms with Crippen molar-refractivity contribution in [2.45, 2.75) is 18.6 Å². The van der Waals surface area contributed by atoms with E-state index in [0.717, 1.165) is 12.1 Å². The maximum Gasteiger partial charge on any atom is 0.335 e. The summed E-state index contributed by atoms with van der Waals surface area (Å²) in [5.41, 5.74) is -0.0996. The number of halogens is 1. The molecule has 0 heterocycles. The predicted molar refractivity (Wildman–Crippen MR) is 61.4 cm³/mol. The van der Waals surface area contributed by atoms with Gasteiger partial charge < -0.3 is 20.4 Å². The smallest absolute Gasteiger partial charge is 0.335 e. The fourth-order valence-corrected chi connectivity index (χ4v) is 1.62. The highest BCUT2D eigenvalue weighted by Gasteiger charge is 2.22. The van der Waals surface area contributed by atoms with Gasteiger partial charge in [-0.05, 0) is 24.6 Å². The number of phenolic OH excluding ortho intramolecular Hbond substituents is 1. The van der Waals surface area contributed by atoms with Crippen molar-refractivity contribution in [3.63, 3.8) is 0 Å². The Morgan fingerprint density at radius 1 is 1.35 bits per heavy atom. The second-order valence-corrected chi connectivity index (χ2v) is 3.95. The van der Waals surface area contributed by atoms with Crippen molar-refractivity contribution in [2.75, 3.05) is 5.88 Å². The van der Waals surface area contributed by atoms with Crippen molar-refractivity contribution in [3.8, 4) is 5.75 Å². The summed E-state index contributed by atoms with van der Waals surface area (Å²) in [6.07, 6.45) is -2.38. The third-order valence-corrected chi connectivity index (χ3v) is 2.58. The number of aromatic carboxylic acids is 1. The Morgan fingerprint density at radius 2 is 2.00 bits per heavy atom. The van der Waals surface area contributed by atoms with Crippen LogP contribution >= 0.6 is 11.6 Å². The molecule has 1 aromatic rings. The van der Waals surface area contributed by atoms with Gasteiger partial charge >= 0.3 is 5.97 Å². The van der Waals surface area contributed by atoms with E-state index in [4.69, 9.17) is 16.7 Å². The number of carboxylic acids is 1. The second kappa shape index (κ2) is 5.86. The zero-order valence-corrected chi connectivity index (χ0v) is 9.63. The average Bonchev–Trinajstić information content (AvgIpc) is 2.28. The molecule has 2 atom stereocenters. The molecule has 0 amide bonds. The van der Waals surface area contributed by atoms with E-state index in [1.807, 2.05) is 0 Å². The minimum Gasteiger partial charge on any atom is -0.508 e. The Bertz CT molecular complexity index is 407. The predicted octanol–water partition coefficient (Wildman–Crippen LogP) is 1.11. The Kier molecular flexibility index (Phi) is 4.74. The Labute approximate surface area is 103 Å². The monoisotopic (exact) mass is 260 g/mol. The number of hydrogen-bond donors (Lipinski definition) is 4. The fraction of sp³-hybridized carbons (Fsp3) is 0.364. The zero-order chi connectivity index (χ0) is 13.0. The van der Waals surface area contributed by atoms with Crippen LogP contribution in [0.4, 0.5) is 0 Å². The molecule has 1 rings (SSSR count). The molecular formula is C11H13ClO5. The normalized spacial score (nSPS) is 14.3. The summed E-state index contributed by atoms with van der Waals surface area (Å²) in [6.45, 7) is 0. The van der Waals surface area contributed by atoms with Crippen LogP contribution in [0.2, 0.25) is 0 Å². The summed E-state index contributed by atoms with van der Waals surface area (Å²) in [5.74, 6) is -1.29. The molecule has 0 aliphatic carbocycles. The van der Waals surface area contributed by atoms with Gasteiger partial charge in [0, 0.05) is 11.4 Å². The molecule has 0 aliphatic heterocycles. The lowest BCUT2D eigenvalue weighted by molar-refractivity contribution is 0.0156. The maximum absolute atomic E-state index is 10.7. The highest BCUT2D eigenvalue weighted by Crippen LogP contribution is 2.28. The number of carboxylic acid groups (broad SMARTS) is 1. The minimum atomic E-state index is -1.37. The summed E-state index contributed by atoms with van der Waals surface area (Å²) in [7, 11) is 0. The third kappa shape index (κ3) is 3.33. The van der Waals surface area contributed by atoms with Crippen molar-refractivity contribution in [3.05, 3.63) is 29.3 Å². The van der Waals surface area contributed by atoms with Gasteiger partial charge in [-0.1, -0.05) is 0 Å². The number of phenols is 1. The third-order valence-electron chi connectivity index (χ3n) is 2.36. The van der Waals surface area contributed by atoms with Crippen molar-refractivity contribution in [1.29, 1.82) is 0 Å². The van der Waals surface area contributed by atoms with Crippen LogP contribution in [-0.4, -0.2) is 38.4 Å². The number of aliphatic hydroxyl groups excluding tert-OH is 2. The molecule has 0 bridgehead atoms. The maximum atomic E-state index is 10.7. The number of aliphatic hydroxyl groups is 2. The molecule has 0 saturated carbocycles. The number of alkyl halides is 1. The van der Waals surface area contributed by atoms with Gasteiger partial charge in [0.15, 0.2) is 0 Å². The van der Waals surface area contributed by atoms with Gasteiger partial charge in [-0.2, -0.15) is 0 Å². The molecule has 17 heavy (non-hydrogen) atoms. The van der Waals surface area contributed by atoms with Gasteiger partial charge in [0.05, 0.1) is 11.7 Å². The van der Waals surface area contributed by atoms with E-state index >= 15 is 0 Å². The summed E-state index contributed by atoms with van der Waals surface area (Å²) in [4.78, 5) is 10.7. The fourth-order valence-electron chi connectivity index (χ4n) is 1.40. The van der Waals surface area contributed by atoms with Crippen molar-refractivity contribution in [2.24, 2.45) is 0 Å². The van der Waals surface area contributed by atoms with Crippen LogP contribution in [0.15, 0.2) is 18.2 Å². The largest absolute Gasteiger partial charge is 0.508 e. The van der Waals surface area contributed by atoms with Crippen LogP contribution in [-0.2, 0) is 0 Å². The molecule has 2 unspecified atom stereocenters. The van der Waals surface area contributed by atoms with E-state index in [1.54, 1.807) is 0 Å². The molecule has 0 fully saturated rings. The standard InChI is InChI=1S/C11H13ClO5/c12-4-3-9(14)10(15)7-5-6(11(16)17)1-2-8(7)13/h1-2,5,9-10,13-15H,3-4H2,(H,16,17). The van der Waals surface area contributed by atoms with Crippen LogP contribution in [0.5, 0.6) is 5.75 Å². The van der Waals surface area contributed by atoms with Crippen molar-refractivity contribution >= 4 is 17.6 Å². The van der Waals surface area contributed by atoms with E-state index in [-0.39, 0.29) is 29.2 Å². The Hall–Kier alpha value is -1.30. The van der Waals surface area contributed by atoms with Crippen molar-refractivity contribution < 1.29 is 25.2 Å². The van der Waals surface area contributed by atoms with E-state index in [2.05, 4.69) is 0 Å². The van der Waals surface area contributed by atoms with Crippen LogP contribution in [0.3, 0.4) is 0 Å². The number of aromatic hydroxyl groups is 1. The Balaban J connectivity index is 3.03. The number of benzene rings is 1. The molecule has 0 saturated heterocycles. The van der Waals surface area contributed by atoms with Gasteiger partial charge in [0.1, 0.15) is 11.9 Å². The van der Waals surface area contributed by atoms with Gasteiger partial charge in [0.25, 0.3) is 0 Å². The average molecular weight is 261 g/mol. The lowest BCUT2D eigenvalue weighted by Gasteiger charge is -2.18. The van der Waals surface area contributed by atoms with E-state index < -0.39 is 18.2 Å². The van der Waals surface area contributed by atoms with Gasteiger partial charge in [-0.25, -0.2) is 4.79 Å². The quantitative estimate of drug-likeness (QED) is 0.595. The highest BCUT2D eigenvalue weighted by atomic mass is 35.5. The summed E-state index contributed by atoms with van der Waals surface area (Å²) in [5, 5.41) is 37.6. The molecule has 1 aromatic carbocycles. The van der Waals surface area contributed by atoms with E-state index in [9.17, 15) is 20.1 Å². The van der Waals surface area contributed by atoms with Crippen LogP contribution in [0, 0.1) is 0 Å². The molecule has 6 heteroatoms. The highest BCUT2D eigenvalue weighted by molar-refractivity contribution is 6.17. The van der Waals surface area contributed by atoms with Crippen molar-refractivity contribution in [1.82, 2.24) is 0 Å². The topological polar surface area (TPSA) is 98.0 Å². The zero-order valence-electron chi connectivity index (χ0n) is 8.88. The number of hydrogen-bond acceptors (Lipinski definition) is 4.